The number of nitrogens with zero attached hydrogens (tertiary/aromatic N) is 2. The van der Waals surface area contributed by atoms with E-state index in [4.69, 9.17) is 0 Å². The number of nitrogens with one attached hydrogen (secondary N) is 2. The number of rotatable bonds is 9. The number of anilines is 1. The van der Waals surface area contributed by atoms with Crippen LogP contribution in [0.1, 0.15) is 52.5 Å². The molecule has 1 aliphatic heterocycles. The Balaban J connectivity index is 1.37. The highest BCUT2D eigenvalue weighted by Gasteiger charge is 2.28. The molecule has 0 bridgehead atoms. The first-order valence-electron chi connectivity index (χ1n) is 12.3. The quantitative estimate of drug-likeness (QED) is 0.537. The Morgan fingerprint density at radius 3 is 2.24 bits per heavy atom. The van der Waals surface area contributed by atoms with Gasteiger partial charge in [0, 0.05) is 43.2 Å². The summed E-state index contributed by atoms with van der Waals surface area (Å²) in [4.78, 5) is 43.7. The van der Waals surface area contributed by atoms with Crippen molar-refractivity contribution in [1.29, 1.82) is 0 Å². The smallest absolute Gasteiger partial charge is 0.239 e. The number of amides is 2. The molecule has 0 atom stereocenters. The van der Waals surface area contributed by atoms with Crippen molar-refractivity contribution in [1.82, 2.24) is 15.1 Å². The second kappa shape index (κ2) is 11.7. The number of piperazine rings is 1. The molecule has 2 heterocycles. The number of carbonyl (C=O) groups is 3. The molecule has 1 fully saturated rings. The minimum absolute atomic E-state index is 0.00901. The number of ketones is 1. The lowest BCUT2D eigenvalue weighted by Gasteiger charge is -2.33. The van der Waals surface area contributed by atoms with Gasteiger partial charge in [-0.25, -0.2) is 0 Å². The minimum atomic E-state index is -0.0881. The zero-order chi connectivity index (χ0) is 23.9. The fourth-order valence-corrected chi connectivity index (χ4v) is 5.93. The van der Waals surface area contributed by atoms with Gasteiger partial charge in [0.05, 0.1) is 18.7 Å². The van der Waals surface area contributed by atoms with Crippen LogP contribution >= 0.6 is 11.3 Å². The Hall–Kier alpha value is -2.55. The van der Waals surface area contributed by atoms with Crippen LogP contribution in [-0.2, 0) is 22.4 Å². The first-order chi connectivity index (χ1) is 16.5. The maximum absolute atomic E-state index is 13.4. The third kappa shape index (κ3) is 6.11. The zero-order valence-corrected chi connectivity index (χ0v) is 20.7. The number of thiophene rings is 1. The highest BCUT2D eigenvalue weighted by molar-refractivity contribution is 7.17. The van der Waals surface area contributed by atoms with Crippen LogP contribution in [-0.4, -0.2) is 73.2 Å². The minimum Gasteiger partial charge on any atom is -0.355 e. The van der Waals surface area contributed by atoms with E-state index in [0.717, 1.165) is 63.8 Å². The summed E-state index contributed by atoms with van der Waals surface area (Å²) in [6.07, 6.45) is 5.00. The van der Waals surface area contributed by atoms with E-state index in [1.165, 1.54) is 4.88 Å². The van der Waals surface area contributed by atoms with E-state index in [1.54, 1.807) is 11.3 Å². The van der Waals surface area contributed by atoms with Gasteiger partial charge in [-0.05, 0) is 37.7 Å². The Morgan fingerprint density at radius 2 is 1.56 bits per heavy atom. The molecule has 0 radical (unpaired) electrons. The van der Waals surface area contributed by atoms with Gasteiger partial charge in [-0.1, -0.05) is 37.3 Å². The van der Waals surface area contributed by atoms with E-state index < -0.39 is 0 Å². The van der Waals surface area contributed by atoms with Gasteiger partial charge in [0.15, 0.2) is 5.78 Å². The molecule has 0 spiro atoms. The summed E-state index contributed by atoms with van der Waals surface area (Å²) in [5.41, 5.74) is 2.46. The molecule has 8 heteroatoms. The number of benzene rings is 1. The van der Waals surface area contributed by atoms with E-state index in [2.05, 4.69) is 20.4 Å². The lowest BCUT2D eigenvalue weighted by molar-refractivity contribution is -0.123. The van der Waals surface area contributed by atoms with Crippen LogP contribution in [0.2, 0.25) is 0 Å². The summed E-state index contributed by atoms with van der Waals surface area (Å²) in [5.74, 6) is -0.0366. The van der Waals surface area contributed by atoms with Gasteiger partial charge >= 0.3 is 0 Å². The topological polar surface area (TPSA) is 81.8 Å². The number of fused-ring (bicyclic) bond motifs is 1. The molecule has 1 aromatic carbocycles. The lowest BCUT2D eigenvalue weighted by Crippen LogP contribution is -2.51. The number of hydrogen-bond donors (Lipinski definition) is 2. The fraction of sp³-hybridized carbons (Fsp3) is 0.500. The van der Waals surface area contributed by atoms with Crippen molar-refractivity contribution in [3.8, 4) is 0 Å². The van der Waals surface area contributed by atoms with Crippen LogP contribution < -0.4 is 10.6 Å². The van der Waals surface area contributed by atoms with E-state index in [9.17, 15) is 14.4 Å². The molecule has 1 aliphatic carbocycles. The molecule has 2 aromatic rings. The van der Waals surface area contributed by atoms with Crippen molar-refractivity contribution in [3.63, 3.8) is 0 Å². The van der Waals surface area contributed by atoms with Gasteiger partial charge in [-0.15, -0.1) is 11.3 Å². The summed E-state index contributed by atoms with van der Waals surface area (Å²) in [6, 6.07) is 9.32. The van der Waals surface area contributed by atoms with Crippen molar-refractivity contribution in [2.24, 2.45) is 0 Å². The van der Waals surface area contributed by atoms with Crippen molar-refractivity contribution < 1.29 is 14.4 Å². The maximum atomic E-state index is 13.4. The van der Waals surface area contributed by atoms with Crippen LogP contribution in [0.15, 0.2) is 30.3 Å². The monoisotopic (exact) mass is 482 g/mol. The van der Waals surface area contributed by atoms with Crippen molar-refractivity contribution in [2.75, 3.05) is 51.1 Å². The largest absolute Gasteiger partial charge is 0.355 e. The molecule has 0 unspecified atom stereocenters. The van der Waals surface area contributed by atoms with Crippen molar-refractivity contribution >= 4 is 33.9 Å². The molecule has 34 heavy (non-hydrogen) atoms. The summed E-state index contributed by atoms with van der Waals surface area (Å²) >= 11 is 1.56. The van der Waals surface area contributed by atoms with Gasteiger partial charge in [-0.3, -0.25) is 24.2 Å². The summed E-state index contributed by atoms with van der Waals surface area (Å²) in [7, 11) is 0. The molecule has 2 N–H and O–H groups in total. The highest BCUT2D eigenvalue weighted by Crippen LogP contribution is 2.39. The predicted molar refractivity (Wildman–Crippen MR) is 136 cm³/mol. The molecule has 7 nitrogen and oxygen atoms in total. The third-order valence-corrected chi connectivity index (χ3v) is 7.67. The predicted octanol–water partition coefficient (Wildman–Crippen LogP) is 2.94. The maximum Gasteiger partial charge on any atom is 0.239 e. The Kier molecular flexibility index (Phi) is 8.48. The van der Waals surface area contributed by atoms with Crippen LogP contribution in [0.4, 0.5) is 5.00 Å². The second-order valence-electron chi connectivity index (χ2n) is 9.06. The SMILES string of the molecule is CCCNC(=O)CN1CCN(CC(=O)Nc2sc3c(c2C(=O)c2ccccc2)CCCC3)CC1. The molecule has 2 amide bonds. The number of aryl methyl sites for hydroxylation is 1. The van der Waals surface area contributed by atoms with E-state index in [1.807, 2.05) is 37.3 Å². The van der Waals surface area contributed by atoms with Crippen molar-refractivity contribution in [3.05, 3.63) is 51.9 Å². The fourth-order valence-electron chi connectivity index (χ4n) is 4.63. The normalized spacial score (nSPS) is 16.6. The van der Waals surface area contributed by atoms with Crippen LogP contribution in [0.5, 0.6) is 0 Å². The molecular weight excluding hydrogens is 448 g/mol. The third-order valence-electron chi connectivity index (χ3n) is 6.46. The Bertz CT molecular complexity index is 1010. The molecule has 1 saturated heterocycles. The average Bonchev–Trinajstić information content (AvgIpc) is 3.21. The van der Waals surface area contributed by atoms with Crippen LogP contribution in [0.25, 0.3) is 0 Å². The summed E-state index contributed by atoms with van der Waals surface area (Å²) < 4.78 is 0. The molecule has 2 aliphatic rings. The number of carbonyl (C=O) groups excluding carboxylic acids is 3. The van der Waals surface area contributed by atoms with Gasteiger partial charge in [0.2, 0.25) is 11.8 Å². The van der Waals surface area contributed by atoms with E-state index in [-0.39, 0.29) is 24.1 Å². The summed E-state index contributed by atoms with van der Waals surface area (Å²) in [5, 5.41) is 6.68. The highest BCUT2D eigenvalue weighted by atomic mass is 32.1. The van der Waals surface area contributed by atoms with Crippen molar-refractivity contribution in [2.45, 2.75) is 39.0 Å². The van der Waals surface area contributed by atoms with E-state index >= 15 is 0 Å². The van der Waals surface area contributed by atoms with Gasteiger partial charge in [0.25, 0.3) is 0 Å². The summed E-state index contributed by atoms with van der Waals surface area (Å²) in [6.45, 7) is 6.45. The lowest BCUT2D eigenvalue weighted by atomic mass is 9.92. The molecule has 182 valence electrons. The number of hydrogen-bond acceptors (Lipinski definition) is 6. The zero-order valence-electron chi connectivity index (χ0n) is 19.9. The molecule has 4 rings (SSSR count). The van der Waals surface area contributed by atoms with Gasteiger partial charge < -0.3 is 10.6 Å². The average molecular weight is 483 g/mol. The first-order valence-corrected chi connectivity index (χ1v) is 13.1. The second-order valence-corrected chi connectivity index (χ2v) is 10.2. The van der Waals surface area contributed by atoms with Crippen LogP contribution in [0.3, 0.4) is 0 Å². The molecular formula is C26H34N4O3S. The Morgan fingerprint density at radius 1 is 0.912 bits per heavy atom. The van der Waals surface area contributed by atoms with E-state index in [0.29, 0.717) is 29.2 Å². The molecule has 0 saturated carbocycles. The first kappa shape index (κ1) is 24.6. The molecule has 1 aromatic heterocycles. The van der Waals surface area contributed by atoms with Crippen LogP contribution in [0, 0.1) is 0 Å². The standard InChI is InChI=1S/C26H34N4O3S/c1-2-12-27-22(31)17-29-13-15-30(16-14-29)18-23(32)28-26-24(20-10-6-7-11-21(20)34-26)25(33)19-8-4-3-5-9-19/h3-5,8-9H,2,6-7,10-18H2,1H3,(H,27,31)(H,28,32). The van der Waals surface area contributed by atoms with Gasteiger partial charge in [-0.2, -0.15) is 0 Å². The van der Waals surface area contributed by atoms with Gasteiger partial charge in [0.1, 0.15) is 5.00 Å². The Labute approximate surface area is 205 Å².